The molecule has 0 unspecified atom stereocenters. The van der Waals surface area contributed by atoms with E-state index in [0.717, 1.165) is 5.92 Å². The van der Waals surface area contributed by atoms with E-state index in [1.54, 1.807) is 0 Å². The van der Waals surface area contributed by atoms with Crippen molar-refractivity contribution in [2.75, 3.05) is 6.54 Å². The average Bonchev–Trinajstić information content (AvgIpc) is 2.98. The zero-order valence-electron chi connectivity index (χ0n) is 8.33. The van der Waals surface area contributed by atoms with Crippen LogP contribution in [0.15, 0.2) is 5.38 Å². The van der Waals surface area contributed by atoms with E-state index >= 15 is 0 Å². The van der Waals surface area contributed by atoms with Crippen LogP contribution in [0, 0.1) is 0 Å². The summed E-state index contributed by atoms with van der Waals surface area (Å²) >= 11 is 1.85. The van der Waals surface area contributed by atoms with Crippen molar-refractivity contribution >= 4 is 11.3 Å². The van der Waals surface area contributed by atoms with Crippen molar-refractivity contribution in [2.24, 2.45) is 0 Å². The van der Waals surface area contributed by atoms with E-state index in [1.165, 1.54) is 49.4 Å². The Labute approximate surface area is 88.7 Å². The summed E-state index contributed by atoms with van der Waals surface area (Å²) in [5, 5.41) is 7.15. The topological polar surface area (TPSA) is 24.9 Å². The second-order valence-corrected chi connectivity index (χ2v) is 5.28. The van der Waals surface area contributed by atoms with Crippen molar-refractivity contribution in [1.29, 1.82) is 0 Å². The van der Waals surface area contributed by atoms with E-state index in [9.17, 15) is 0 Å². The molecule has 1 aromatic rings. The van der Waals surface area contributed by atoms with E-state index < -0.39 is 0 Å². The number of piperidine rings is 1. The predicted molar refractivity (Wildman–Crippen MR) is 58.7 cm³/mol. The van der Waals surface area contributed by atoms with Crippen molar-refractivity contribution in [3.05, 3.63) is 16.1 Å². The second kappa shape index (κ2) is 3.63. The second-order valence-electron chi connectivity index (χ2n) is 4.39. The summed E-state index contributed by atoms with van der Waals surface area (Å²) in [4.78, 5) is 4.75. The Morgan fingerprint density at radius 1 is 1.29 bits per heavy atom. The lowest BCUT2D eigenvalue weighted by molar-refractivity contribution is 0.410. The highest BCUT2D eigenvalue weighted by molar-refractivity contribution is 7.09. The lowest BCUT2D eigenvalue weighted by Crippen LogP contribution is -2.26. The number of rotatable bonds is 2. The van der Waals surface area contributed by atoms with Gasteiger partial charge in [0.2, 0.25) is 0 Å². The SMILES string of the molecule is c1sc([C@H]2CCCCN2)nc1C1CC1. The molecule has 14 heavy (non-hydrogen) atoms. The number of thiazole rings is 1. The van der Waals surface area contributed by atoms with Crippen LogP contribution in [0.5, 0.6) is 0 Å². The Hall–Kier alpha value is -0.410. The highest BCUT2D eigenvalue weighted by Crippen LogP contribution is 2.41. The first kappa shape index (κ1) is 8.86. The molecule has 0 radical (unpaired) electrons. The fourth-order valence-corrected chi connectivity index (χ4v) is 3.10. The molecule has 1 saturated heterocycles. The van der Waals surface area contributed by atoms with Gasteiger partial charge in [-0.1, -0.05) is 6.42 Å². The van der Waals surface area contributed by atoms with Gasteiger partial charge in [0.15, 0.2) is 0 Å². The standard InChI is InChI=1S/C11H16N2S/c1-2-6-12-9(3-1)11-13-10(7-14-11)8-4-5-8/h7-9,12H,1-6H2/t9-/m1/s1. The van der Waals surface area contributed by atoms with Gasteiger partial charge < -0.3 is 5.32 Å². The van der Waals surface area contributed by atoms with Gasteiger partial charge in [0.25, 0.3) is 0 Å². The van der Waals surface area contributed by atoms with Crippen LogP contribution >= 0.6 is 11.3 Å². The Morgan fingerprint density at radius 3 is 2.93 bits per heavy atom. The first-order chi connectivity index (χ1) is 6.93. The van der Waals surface area contributed by atoms with Crippen LogP contribution in [-0.4, -0.2) is 11.5 Å². The molecule has 1 atom stereocenters. The van der Waals surface area contributed by atoms with Crippen LogP contribution in [0.1, 0.15) is 54.8 Å². The molecule has 3 rings (SSSR count). The molecule has 1 aromatic heterocycles. The Bertz CT molecular complexity index is 311. The lowest BCUT2D eigenvalue weighted by atomic mass is 10.1. The molecule has 2 heterocycles. The number of hydrogen-bond donors (Lipinski definition) is 1. The van der Waals surface area contributed by atoms with Crippen LogP contribution in [0.25, 0.3) is 0 Å². The summed E-state index contributed by atoms with van der Waals surface area (Å²) in [6, 6.07) is 0.557. The first-order valence-corrected chi connectivity index (χ1v) is 6.50. The van der Waals surface area contributed by atoms with E-state index in [2.05, 4.69) is 10.7 Å². The summed E-state index contributed by atoms with van der Waals surface area (Å²) in [5.74, 6) is 0.809. The van der Waals surface area contributed by atoms with E-state index in [4.69, 9.17) is 4.98 Å². The molecular weight excluding hydrogens is 192 g/mol. The molecule has 2 fully saturated rings. The maximum absolute atomic E-state index is 4.75. The molecule has 0 bridgehead atoms. The fourth-order valence-electron chi connectivity index (χ4n) is 2.09. The van der Waals surface area contributed by atoms with Gasteiger partial charge in [0.05, 0.1) is 11.7 Å². The Balaban J connectivity index is 1.74. The molecule has 1 aliphatic carbocycles. The molecular formula is C11H16N2S. The van der Waals surface area contributed by atoms with Crippen molar-refractivity contribution in [2.45, 2.75) is 44.1 Å². The average molecular weight is 208 g/mol. The zero-order chi connectivity index (χ0) is 9.38. The first-order valence-electron chi connectivity index (χ1n) is 5.62. The summed E-state index contributed by atoms with van der Waals surface area (Å²) < 4.78 is 0. The van der Waals surface area contributed by atoms with Gasteiger partial charge in [-0.2, -0.15) is 0 Å². The van der Waals surface area contributed by atoms with E-state index in [0.29, 0.717) is 6.04 Å². The molecule has 76 valence electrons. The summed E-state index contributed by atoms with van der Waals surface area (Å²) in [6.07, 6.45) is 6.69. The van der Waals surface area contributed by atoms with Crippen molar-refractivity contribution in [1.82, 2.24) is 10.3 Å². The molecule has 1 saturated carbocycles. The number of hydrogen-bond acceptors (Lipinski definition) is 3. The van der Waals surface area contributed by atoms with Gasteiger partial charge in [0, 0.05) is 11.3 Å². The van der Waals surface area contributed by atoms with Gasteiger partial charge in [-0.15, -0.1) is 11.3 Å². The lowest BCUT2D eigenvalue weighted by Gasteiger charge is -2.21. The van der Waals surface area contributed by atoms with Gasteiger partial charge in [-0.3, -0.25) is 0 Å². The summed E-state index contributed by atoms with van der Waals surface area (Å²) in [5.41, 5.74) is 1.36. The minimum atomic E-state index is 0.557. The largest absolute Gasteiger partial charge is 0.308 e. The molecule has 0 amide bonds. The monoisotopic (exact) mass is 208 g/mol. The van der Waals surface area contributed by atoms with E-state index in [-0.39, 0.29) is 0 Å². The van der Waals surface area contributed by atoms with Crippen LogP contribution in [0.3, 0.4) is 0 Å². The van der Waals surface area contributed by atoms with Crippen molar-refractivity contribution in [3.8, 4) is 0 Å². The van der Waals surface area contributed by atoms with Gasteiger partial charge in [0.1, 0.15) is 5.01 Å². The zero-order valence-corrected chi connectivity index (χ0v) is 9.15. The van der Waals surface area contributed by atoms with Crippen LogP contribution in [0.4, 0.5) is 0 Å². The maximum Gasteiger partial charge on any atom is 0.110 e. The van der Waals surface area contributed by atoms with Gasteiger partial charge in [-0.25, -0.2) is 4.98 Å². The molecule has 1 aliphatic heterocycles. The minimum absolute atomic E-state index is 0.557. The third-order valence-electron chi connectivity index (χ3n) is 3.14. The Kier molecular flexibility index (Phi) is 2.30. The summed E-state index contributed by atoms with van der Waals surface area (Å²) in [7, 11) is 0. The van der Waals surface area contributed by atoms with E-state index in [1.807, 2.05) is 11.3 Å². The maximum atomic E-state index is 4.75. The Morgan fingerprint density at radius 2 is 2.21 bits per heavy atom. The predicted octanol–water partition coefficient (Wildman–Crippen LogP) is 2.84. The van der Waals surface area contributed by atoms with Crippen LogP contribution in [-0.2, 0) is 0 Å². The molecule has 0 spiro atoms. The number of aromatic nitrogens is 1. The van der Waals surface area contributed by atoms with Crippen molar-refractivity contribution in [3.63, 3.8) is 0 Å². The van der Waals surface area contributed by atoms with Crippen LogP contribution in [0.2, 0.25) is 0 Å². The quantitative estimate of drug-likeness (QED) is 0.808. The molecule has 3 heteroatoms. The molecule has 0 aromatic carbocycles. The van der Waals surface area contributed by atoms with Crippen molar-refractivity contribution < 1.29 is 0 Å². The highest BCUT2D eigenvalue weighted by atomic mass is 32.1. The number of nitrogens with zero attached hydrogens (tertiary/aromatic N) is 1. The van der Waals surface area contributed by atoms with Crippen LogP contribution < -0.4 is 5.32 Å². The smallest absolute Gasteiger partial charge is 0.110 e. The summed E-state index contributed by atoms with van der Waals surface area (Å²) in [6.45, 7) is 1.17. The molecule has 2 aliphatic rings. The fraction of sp³-hybridized carbons (Fsp3) is 0.727. The van der Waals surface area contributed by atoms with Gasteiger partial charge in [-0.05, 0) is 32.2 Å². The number of nitrogens with one attached hydrogen (secondary N) is 1. The molecule has 1 N–H and O–H groups in total. The molecule has 2 nitrogen and oxygen atoms in total. The van der Waals surface area contributed by atoms with Gasteiger partial charge >= 0.3 is 0 Å². The third-order valence-corrected chi connectivity index (χ3v) is 4.12. The minimum Gasteiger partial charge on any atom is -0.308 e. The third kappa shape index (κ3) is 1.71. The highest BCUT2D eigenvalue weighted by Gasteiger charge is 2.27. The normalized spacial score (nSPS) is 27.9.